The SMILES string of the molecule is CC(C)N1CCC2OCC21. The molecule has 2 rings (SSSR count). The van der Waals surface area contributed by atoms with Crippen LogP contribution in [0.2, 0.25) is 0 Å². The number of nitrogens with zero attached hydrogens (tertiary/aromatic N) is 1. The first-order chi connectivity index (χ1) is 4.79. The number of hydrogen-bond acceptors (Lipinski definition) is 2. The molecular formula is C8H15NO. The summed E-state index contributed by atoms with van der Waals surface area (Å²) in [4.78, 5) is 2.55. The second kappa shape index (κ2) is 2.21. The van der Waals surface area contributed by atoms with Crippen molar-refractivity contribution in [3.63, 3.8) is 0 Å². The van der Waals surface area contributed by atoms with Crippen molar-refractivity contribution in [2.45, 2.75) is 38.5 Å². The fourth-order valence-corrected chi connectivity index (χ4v) is 1.99. The van der Waals surface area contributed by atoms with Gasteiger partial charge in [0, 0.05) is 12.6 Å². The molecule has 0 aliphatic carbocycles. The highest BCUT2D eigenvalue weighted by atomic mass is 16.5. The molecule has 2 aliphatic rings. The van der Waals surface area contributed by atoms with Crippen molar-refractivity contribution in [3.8, 4) is 0 Å². The summed E-state index contributed by atoms with van der Waals surface area (Å²) in [5, 5.41) is 0. The van der Waals surface area contributed by atoms with E-state index in [-0.39, 0.29) is 0 Å². The van der Waals surface area contributed by atoms with E-state index in [1.54, 1.807) is 0 Å². The topological polar surface area (TPSA) is 12.5 Å². The Morgan fingerprint density at radius 3 is 2.60 bits per heavy atom. The Labute approximate surface area is 62.2 Å². The predicted octanol–water partition coefficient (Wildman–Crippen LogP) is 0.868. The van der Waals surface area contributed by atoms with Gasteiger partial charge in [0.15, 0.2) is 0 Å². The third-order valence-electron chi connectivity index (χ3n) is 2.67. The van der Waals surface area contributed by atoms with Gasteiger partial charge < -0.3 is 4.74 Å². The number of likely N-dealkylation sites (tertiary alicyclic amines) is 1. The van der Waals surface area contributed by atoms with Crippen LogP contribution in [-0.4, -0.2) is 36.2 Å². The molecule has 0 amide bonds. The molecule has 0 spiro atoms. The van der Waals surface area contributed by atoms with Gasteiger partial charge in [0.2, 0.25) is 0 Å². The quantitative estimate of drug-likeness (QED) is 0.537. The molecule has 2 fully saturated rings. The van der Waals surface area contributed by atoms with Gasteiger partial charge in [-0.1, -0.05) is 0 Å². The normalized spacial score (nSPS) is 39.9. The first-order valence-electron chi connectivity index (χ1n) is 4.16. The molecular weight excluding hydrogens is 126 g/mol. The van der Waals surface area contributed by atoms with E-state index in [0.717, 1.165) is 12.6 Å². The minimum absolute atomic E-state index is 0.586. The lowest BCUT2D eigenvalue weighted by molar-refractivity contribution is -0.1000. The van der Waals surface area contributed by atoms with Gasteiger partial charge in [0.05, 0.1) is 18.8 Å². The van der Waals surface area contributed by atoms with Crippen LogP contribution in [-0.2, 0) is 4.74 Å². The molecule has 0 bridgehead atoms. The smallest absolute Gasteiger partial charge is 0.0765 e. The monoisotopic (exact) mass is 141 g/mol. The van der Waals surface area contributed by atoms with Gasteiger partial charge in [-0.3, -0.25) is 4.90 Å². The van der Waals surface area contributed by atoms with Crippen LogP contribution in [0.1, 0.15) is 20.3 Å². The zero-order valence-electron chi connectivity index (χ0n) is 6.71. The second-order valence-corrected chi connectivity index (χ2v) is 3.56. The van der Waals surface area contributed by atoms with E-state index in [4.69, 9.17) is 4.74 Å². The van der Waals surface area contributed by atoms with E-state index in [1.165, 1.54) is 13.0 Å². The minimum Gasteiger partial charge on any atom is -0.375 e. The minimum atomic E-state index is 0.586. The molecule has 2 heterocycles. The Hall–Kier alpha value is -0.0800. The summed E-state index contributed by atoms with van der Waals surface area (Å²) in [6.07, 6.45) is 1.84. The maximum Gasteiger partial charge on any atom is 0.0765 e. The summed E-state index contributed by atoms with van der Waals surface area (Å²) in [6, 6.07) is 1.47. The van der Waals surface area contributed by atoms with Crippen LogP contribution in [0.25, 0.3) is 0 Å². The third kappa shape index (κ3) is 0.789. The molecule has 0 saturated carbocycles. The fourth-order valence-electron chi connectivity index (χ4n) is 1.99. The van der Waals surface area contributed by atoms with Gasteiger partial charge in [0.25, 0.3) is 0 Å². The van der Waals surface area contributed by atoms with E-state index >= 15 is 0 Å². The molecule has 0 aromatic carbocycles. The Balaban J connectivity index is 1.99. The van der Waals surface area contributed by atoms with Crippen LogP contribution in [0.5, 0.6) is 0 Å². The van der Waals surface area contributed by atoms with Crippen molar-refractivity contribution in [1.82, 2.24) is 4.90 Å². The van der Waals surface area contributed by atoms with Crippen molar-refractivity contribution < 1.29 is 4.74 Å². The molecule has 0 N–H and O–H groups in total. The summed E-state index contributed by atoms with van der Waals surface area (Å²) in [7, 11) is 0. The second-order valence-electron chi connectivity index (χ2n) is 3.56. The van der Waals surface area contributed by atoms with Crippen molar-refractivity contribution in [2.75, 3.05) is 13.2 Å². The Bertz CT molecular complexity index is 135. The average molecular weight is 141 g/mol. The number of ether oxygens (including phenoxy) is 1. The van der Waals surface area contributed by atoms with Gasteiger partial charge >= 0.3 is 0 Å². The summed E-state index contributed by atoms with van der Waals surface area (Å²) in [6.45, 7) is 6.75. The summed E-state index contributed by atoms with van der Waals surface area (Å²) in [5.74, 6) is 0. The summed E-state index contributed by atoms with van der Waals surface area (Å²) in [5.41, 5.74) is 0. The lowest BCUT2D eigenvalue weighted by Gasteiger charge is -2.38. The van der Waals surface area contributed by atoms with Crippen molar-refractivity contribution >= 4 is 0 Å². The van der Waals surface area contributed by atoms with Crippen molar-refractivity contribution in [2.24, 2.45) is 0 Å². The molecule has 2 unspecified atom stereocenters. The fraction of sp³-hybridized carbons (Fsp3) is 1.00. The van der Waals surface area contributed by atoms with E-state index in [2.05, 4.69) is 18.7 Å². The van der Waals surface area contributed by atoms with Gasteiger partial charge in [-0.2, -0.15) is 0 Å². The lowest BCUT2D eigenvalue weighted by atomic mass is 10.1. The predicted molar refractivity (Wildman–Crippen MR) is 40.0 cm³/mol. The van der Waals surface area contributed by atoms with Crippen molar-refractivity contribution in [3.05, 3.63) is 0 Å². The molecule has 0 radical (unpaired) electrons. The maximum atomic E-state index is 5.39. The number of rotatable bonds is 1. The highest BCUT2D eigenvalue weighted by Crippen LogP contribution is 2.30. The Kier molecular flexibility index (Phi) is 1.46. The van der Waals surface area contributed by atoms with Gasteiger partial charge in [-0.25, -0.2) is 0 Å². The van der Waals surface area contributed by atoms with Crippen LogP contribution in [0.3, 0.4) is 0 Å². The van der Waals surface area contributed by atoms with Gasteiger partial charge in [-0.05, 0) is 20.3 Å². The molecule has 58 valence electrons. The molecule has 0 aromatic rings. The average Bonchev–Trinajstić information content (AvgIpc) is 2.07. The number of fused-ring (bicyclic) bond motifs is 1. The zero-order chi connectivity index (χ0) is 7.14. The van der Waals surface area contributed by atoms with Crippen molar-refractivity contribution in [1.29, 1.82) is 0 Å². The molecule has 2 atom stereocenters. The molecule has 2 nitrogen and oxygen atoms in total. The van der Waals surface area contributed by atoms with Crippen LogP contribution in [0.4, 0.5) is 0 Å². The molecule has 2 aliphatic heterocycles. The van der Waals surface area contributed by atoms with E-state index in [1.807, 2.05) is 0 Å². The highest BCUT2D eigenvalue weighted by molar-refractivity contribution is 4.95. The molecule has 0 aromatic heterocycles. The Morgan fingerprint density at radius 2 is 2.30 bits per heavy atom. The molecule has 2 saturated heterocycles. The summed E-state index contributed by atoms with van der Waals surface area (Å²) < 4.78 is 5.39. The maximum absolute atomic E-state index is 5.39. The standard InChI is InChI=1S/C8H15NO/c1-6(2)9-4-3-8-7(9)5-10-8/h6-8H,3-5H2,1-2H3. The van der Waals surface area contributed by atoms with Crippen LogP contribution >= 0.6 is 0 Å². The largest absolute Gasteiger partial charge is 0.375 e. The van der Waals surface area contributed by atoms with E-state index in [0.29, 0.717) is 12.1 Å². The van der Waals surface area contributed by atoms with Gasteiger partial charge in [0.1, 0.15) is 0 Å². The zero-order valence-corrected chi connectivity index (χ0v) is 6.71. The van der Waals surface area contributed by atoms with Crippen LogP contribution in [0.15, 0.2) is 0 Å². The van der Waals surface area contributed by atoms with E-state index in [9.17, 15) is 0 Å². The first-order valence-corrected chi connectivity index (χ1v) is 4.16. The van der Waals surface area contributed by atoms with Gasteiger partial charge in [-0.15, -0.1) is 0 Å². The van der Waals surface area contributed by atoms with E-state index < -0.39 is 0 Å². The van der Waals surface area contributed by atoms with Crippen LogP contribution < -0.4 is 0 Å². The summed E-state index contributed by atoms with van der Waals surface area (Å²) >= 11 is 0. The molecule has 10 heavy (non-hydrogen) atoms. The van der Waals surface area contributed by atoms with Crippen LogP contribution in [0, 0.1) is 0 Å². The lowest BCUT2D eigenvalue weighted by Crippen LogP contribution is -2.51. The Morgan fingerprint density at radius 1 is 1.50 bits per heavy atom. The first kappa shape index (κ1) is 6.62. The number of hydrogen-bond donors (Lipinski definition) is 0. The third-order valence-corrected chi connectivity index (χ3v) is 2.67. The highest BCUT2D eigenvalue weighted by Gasteiger charge is 2.42. The molecule has 2 heteroatoms.